The maximum Gasteiger partial charge on any atom is 0.361 e. The van der Waals surface area contributed by atoms with Crippen LogP contribution in [0.5, 0.6) is 11.5 Å². The Morgan fingerprint density at radius 2 is 1.76 bits per heavy atom. The first-order valence-electron chi connectivity index (χ1n) is 8.95. The Morgan fingerprint density at radius 1 is 1.00 bits per heavy atom. The molecule has 0 aliphatic heterocycles. The molecule has 0 unspecified atom stereocenters. The second-order valence-corrected chi connectivity index (χ2v) is 6.64. The molecule has 152 valence electrons. The fraction of sp³-hybridized carbons (Fsp3) is 0.250. The van der Waals surface area contributed by atoms with Crippen LogP contribution >= 0.6 is 23.2 Å². The normalized spacial score (nSPS) is 10.6. The first-order valence-corrected chi connectivity index (χ1v) is 9.71. The van der Waals surface area contributed by atoms with Crippen LogP contribution < -0.4 is 9.47 Å². The maximum atomic E-state index is 12.1. The van der Waals surface area contributed by atoms with Gasteiger partial charge in [-0.25, -0.2) is 4.79 Å². The van der Waals surface area contributed by atoms with Crippen LogP contribution in [0, 0.1) is 0 Å². The number of carbonyl (C=O) groups excluding carboxylic acids is 1. The lowest BCUT2D eigenvalue weighted by Gasteiger charge is -2.14. The van der Waals surface area contributed by atoms with Crippen LogP contribution in [-0.4, -0.2) is 34.6 Å². The molecular formula is C20H19Cl2N3O4. The minimum Gasteiger partial charge on any atom is -0.490 e. The van der Waals surface area contributed by atoms with Crippen LogP contribution in [0.15, 0.2) is 36.4 Å². The third-order valence-electron chi connectivity index (χ3n) is 3.97. The van der Waals surface area contributed by atoms with E-state index in [4.69, 9.17) is 37.4 Å². The number of aromatic amines is 1. The van der Waals surface area contributed by atoms with Crippen LogP contribution in [0.25, 0.3) is 11.3 Å². The average molecular weight is 436 g/mol. The number of H-pyrrole nitrogens is 1. The molecule has 0 fully saturated rings. The summed E-state index contributed by atoms with van der Waals surface area (Å²) in [7, 11) is 0. The molecule has 29 heavy (non-hydrogen) atoms. The van der Waals surface area contributed by atoms with E-state index in [1.54, 1.807) is 43.3 Å². The van der Waals surface area contributed by atoms with Crippen molar-refractivity contribution in [2.75, 3.05) is 13.2 Å². The lowest BCUT2D eigenvalue weighted by Crippen LogP contribution is -2.07. The second kappa shape index (κ2) is 9.62. The molecule has 3 rings (SSSR count). The van der Waals surface area contributed by atoms with Crippen molar-refractivity contribution in [2.24, 2.45) is 0 Å². The summed E-state index contributed by atoms with van der Waals surface area (Å²) >= 11 is 12.4. The lowest BCUT2D eigenvalue weighted by molar-refractivity contribution is 0.0520. The highest BCUT2D eigenvalue weighted by Gasteiger charge is 2.20. The SMILES string of the molecule is CCOC(=O)c1n[nH]nc1-c1ccc(OCc2c(Cl)cccc2Cl)c(OCC)c1. The molecular weight excluding hydrogens is 417 g/mol. The van der Waals surface area contributed by atoms with Gasteiger partial charge in [0.2, 0.25) is 0 Å². The van der Waals surface area contributed by atoms with Crippen LogP contribution in [-0.2, 0) is 11.3 Å². The number of ether oxygens (including phenoxy) is 3. The van der Waals surface area contributed by atoms with Gasteiger partial charge in [-0.3, -0.25) is 0 Å². The first-order chi connectivity index (χ1) is 14.0. The van der Waals surface area contributed by atoms with Crippen molar-refractivity contribution in [1.29, 1.82) is 0 Å². The zero-order chi connectivity index (χ0) is 20.8. The summed E-state index contributed by atoms with van der Waals surface area (Å²) < 4.78 is 16.6. The molecule has 7 nitrogen and oxygen atoms in total. The number of benzene rings is 2. The summed E-state index contributed by atoms with van der Waals surface area (Å²) in [4.78, 5) is 12.1. The number of carbonyl (C=O) groups is 1. The molecule has 0 spiro atoms. The van der Waals surface area contributed by atoms with Crippen LogP contribution in [0.4, 0.5) is 0 Å². The average Bonchev–Trinajstić information content (AvgIpc) is 3.19. The van der Waals surface area contributed by atoms with Crippen molar-refractivity contribution in [2.45, 2.75) is 20.5 Å². The molecule has 0 saturated carbocycles. The van der Waals surface area contributed by atoms with Gasteiger partial charge in [-0.2, -0.15) is 10.3 Å². The van der Waals surface area contributed by atoms with E-state index in [1.165, 1.54) is 0 Å². The summed E-state index contributed by atoms with van der Waals surface area (Å²) in [6.07, 6.45) is 0. The molecule has 9 heteroatoms. The van der Waals surface area contributed by atoms with Crippen molar-refractivity contribution in [3.8, 4) is 22.8 Å². The smallest absolute Gasteiger partial charge is 0.361 e. The van der Waals surface area contributed by atoms with Crippen LogP contribution in [0.1, 0.15) is 29.9 Å². The van der Waals surface area contributed by atoms with Crippen LogP contribution in [0.3, 0.4) is 0 Å². The maximum absolute atomic E-state index is 12.1. The first kappa shape index (κ1) is 21.0. The molecule has 0 radical (unpaired) electrons. The Balaban J connectivity index is 1.88. The quantitative estimate of drug-likeness (QED) is 0.504. The van der Waals surface area contributed by atoms with E-state index in [1.807, 2.05) is 6.92 Å². The number of hydrogen-bond donors (Lipinski definition) is 1. The van der Waals surface area contributed by atoms with Gasteiger partial charge in [0.05, 0.1) is 13.2 Å². The topological polar surface area (TPSA) is 86.3 Å². The molecule has 1 N–H and O–H groups in total. The highest BCUT2D eigenvalue weighted by molar-refractivity contribution is 6.35. The Kier molecular flexibility index (Phi) is 6.95. The zero-order valence-corrected chi connectivity index (χ0v) is 17.4. The number of esters is 1. The largest absolute Gasteiger partial charge is 0.490 e. The monoisotopic (exact) mass is 435 g/mol. The Bertz CT molecular complexity index is 987. The fourth-order valence-corrected chi connectivity index (χ4v) is 3.14. The fourth-order valence-electron chi connectivity index (χ4n) is 2.64. The van der Waals surface area contributed by atoms with E-state index in [9.17, 15) is 4.79 Å². The highest BCUT2D eigenvalue weighted by atomic mass is 35.5. The number of nitrogens with zero attached hydrogens (tertiary/aromatic N) is 2. The predicted molar refractivity (Wildman–Crippen MR) is 110 cm³/mol. The van der Waals surface area contributed by atoms with E-state index >= 15 is 0 Å². The number of nitrogens with one attached hydrogen (secondary N) is 1. The molecule has 0 aliphatic carbocycles. The van der Waals surface area contributed by atoms with Gasteiger partial charge in [0, 0.05) is 21.2 Å². The van der Waals surface area contributed by atoms with Crippen LogP contribution in [0.2, 0.25) is 10.0 Å². The van der Waals surface area contributed by atoms with E-state index in [0.717, 1.165) is 0 Å². The van der Waals surface area contributed by atoms with Gasteiger partial charge in [0.15, 0.2) is 17.2 Å². The molecule has 0 bridgehead atoms. The summed E-state index contributed by atoms with van der Waals surface area (Å²) in [6.45, 7) is 4.43. The summed E-state index contributed by atoms with van der Waals surface area (Å²) in [5.74, 6) is 0.446. The minimum atomic E-state index is -0.553. The standard InChI is InChI=1S/C20H19Cl2N3O4/c1-3-27-17-10-12(18-19(24-25-23-18)20(26)28-4-2)8-9-16(17)29-11-13-14(21)6-5-7-15(13)22/h5-10H,3-4,11H2,1-2H3,(H,23,24,25). The molecule has 0 atom stereocenters. The molecule has 0 amide bonds. The van der Waals surface area contributed by atoms with E-state index < -0.39 is 5.97 Å². The van der Waals surface area contributed by atoms with Gasteiger partial charge in [0.1, 0.15) is 12.3 Å². The van der Waals surface area contributed by atoms with E-state index in [-0.39, 0.29) is 18.9 Å². The number of hydrogen-bond acceptors (Lipinski definition) is 6. The van der Waals surface area contributed by atoms with Gasteiger partial charge >= 0.3 is 5.97 Å². The molecule has 2 aromatic carbocycles. The Morgan fingerprint density at radius 3 is 2.45 bits per heavy atom. The molecule has 1 aromatic heterocycles. The molecule has 1 heterocycles. The number of aromatic nitrogens is 3. The highest BCUT2D eigenvalue weighted by Crippen LogP contribution is 2.34. The van der Waals surface area contributed by atoms with Crippen molar-refractivity contribution >= 4 is 29.2 Å². The van der Waals surface area contributed by atoms with E-state index in [0.29, 0.717) is 45.0 Å². The van der Waals surface area contributed by atoms with Crippen molar-refractivity contribution < 1.29 is 19.0 Å². The molecule has 3 aromatic rings. The second-order valence-electron chi connectivity index (χ2n) is 5.82. The lowest BCUT2D eigenvalue weighted by atomic mass is 10.1. The molecule has 0 aliphatic rings. The predicted octanol–water partition coefficient (Wildman–Crippen LogP) is 4.93. The number of rotatable bonds is 8. The zero-order valence-electron chi connectivity index (χ0n) is 15.9. The summed E-state index contributed by atoms with van der Waals surface area (Å²) in [5, 5.41) is 11.5. The Hall–Kier alpha value is -2.77. The Labute approximate surface area is 177 Å². The van der Waals surface area contributed by atoms with Gasteiger partial charge in [-0.15, -0.1) is 5.10 Å². The third kappa shape index (κ3) is 4.81. The summed E-state index contributed by atoms with van der Waals surface area (Å²) in [5.41, 5.74) is 1.78. The van der Waals surface area contributed by atoms with Gasteiger partial charge < -0.3 is 14.2 Å². The van der Waals surface area contributed by atoms with Gasteiger partial charge in [-0.1, -0.05) is 29.3 Å². The third-order valence-corrected chi connectivity index (χ3v) is 4.68. The van der Waals surface area contributed by atoms with Crippen molar-refractivity contribution in [3.63, 3.8) is 0 Å². The van der Waals surface area contributed by atoms with Gasteiger partial charge in [-0.05, 0) is 44.2 Å². The molecule has 0 saturated heterocycles. The van der Waals surface area contributed by atoms with Crippen molar-refractivity contribution in [1.82, 2.24) is 15.4 Å². The minimum absolute atomic E-state index is 0.103. The number of halogens is 2. The van der Waals surface area contributed by atoms with Gasteiger partial charge in [0.25, 0.3) is 0 Å². The van der Waals surface area contributed by atoms with Crippen molar-refractivity contribution in [3.05, 3.63) is 57.7 Å². The van der Waals surface area contributed by atoms with E-state index in [2.05, 4.69) is 15.4 Å². The summed E-state index contributed by atoms with van der Waals surface area (Å²) in [6, 6.07) is 10.5.